The lowest BCUT2D eigenvalue weighted by Crippen LogP contribution is -2.99. The first-order valence-corrected chi connectivity index (χ1v) is 8.66. The van der Waals surface area contributed by atoms with Crippen molar-refractivity contribution in [1.82, 2.24) is 5.32 Å². The predicted molar refractivity (Wildman–Crippen MR) is 97.8 cm³/mol. The minimum Gasteiger partial charge on any atom is -0.628 e. The lowest BCUT2D eigenvalue weighted by molar-refractivity contribution is -0.749. The van der Waals surface area contributed by atoms with Crippen LogP contribution in [0.5, 0.6) is 0 Å². The third-order valence-corrected chi connectivity index (χ3v) is 4.53. The molecule has 3 rings (SSSR count). The van der Waals surface area contributed by atoms with E-state index in [0.29, 0.717) is 18.5 Å². The van der Waals surface area contributed by atoms with E-state index in [9.17, 15) is 15.2 Å². The van der Waals surface area contributed by atoms with Gasteiger partial charge in [0.2, 0.25) is 0 Å². The molecule has 1 fully saturated rings. The first-order chi connectivity index (χ1) is 12.1. The molecule has 25 heavy (non-hydrogen) atoms. The molecule has 0 atom stereocenters. The van der Waals surface area contributed by atoms with Gasteiger partial charge in [-0.3, -0.25) is 0 Å². The fraction of sp³-hybridized carbons (Fsp3) is 0.389. The van der Waals surface area contributed by atoms with Gasteiger partial charge in [-0.1, -0.05) is 12.1 Å². The summed E-state index contributed by atoms with van der Waals surface area (Å²) in [6, 6.07) is 7.48. The van der Waals surface area contributed by atoms with Crippen molar-refractivity contribution in [3.8, 4) is 0 Å². The highest BCUT2D eigenvalue weighted by molar-refractivity contribution is 5.94. The number of rotatable bonds is 4. The van der Waals surface area contributed by atoms with Crippen LogP contribution in [0.3, 0.4) is 0 Å². The number of quaternary nitrogens is 1. The fourth-order valence-corrected chi connectivity index (χ4v) is 3.20. The Bertz CT molecular complexity index is 679. The van der Waals surface area contributed by atoms with Gasteiger partial charge in [-0.15, -0.1) is 0 Å². The number of hydrogen-bond donors (Lipinski definition) is 3. The number of carbonyl (C=O) groups is 1. The molecule has 0 unspecified atom stereocenters. The van der Waals surface area contributed by atoms with E-state index in [1.165, 1.54) is 25.3 Å². The van der Waals surface area contributed by atoms with Crippen molar-refractivity contribution in [2.24, 2.45) is 0 Å². The number of urea groups is 1. The standard InChI is InChI=1S/C18H23N4O3/c23-18(19-14-8-10-15(11-9-14)22(24)25)20-16-6-2-3-7-17(16)21-12-4-1-5-13-21/h2-3,6-8,10,22H,1,4-5,9,11-13H2,(H2,19,20,23)/q-1. The Morgan fingerprint density at radius 2 is 1.76 bits per heavy atom. The number of para-hydroxylation sites is 2. The molecule has 1 aliphatic heterocycles. The number of allylic oxidation sites excluding steroid dienone is 4. The second-order valence-corrected chi connectivity index (χ2v) is 6.32. The molecule has 3 N–H and O–H groups in total. The molecule has 0 aromatic heterocycles. The Balaban J connectivity index is 1.64. The SMILES string of the molecule is O=C(NC1=CC=C([NH+]([O-])[O-])CC1)Nc1ccccc1N1CCCCC1. The number of anilines is 2. The molecule has 2 amide bonds. The summed E-state index contributed by atoms with van der Waals surface area (Å²) in [5.74, 6) is 0. The molecule has 7 nitrogen and oxygen atoms in total. The number of amides is 2. The maximum Gasteiger partial charge on any atom is 0.323 e. The van der Waals surface area contributed by atoms with E-state index in [0.717, 1.165) is 24.5 Å². The van der Waals surface area contributed by atoms with Crippen molar-refractivity contribution in [3.05, 3.63) is 58.2 Å². The van der Waals surface area contributed by atoms with E-state index in [1.54, 1.807) is 6.08 Å². The Hall–Kier alpha value is -2.35. The summed E-state index contributed by atoms with van der Waals surface area (Å²) >= 11 is 0. The van der Waals surface area contributed by atoms with Crippen LogP contribution in [-0.2, 0) is 0 Å². The lowest BCUT2D eigenvalue weighted by atomic mass is 10.1. The first kappa shape index (κ1) is 17.5. The van der Waals surface area contributed by atoms with E-state index < -0.39 is 5.23 Å². The van der Waals surface area contributed by atoms with Crippen molar-refractivity contribution in [1.29, 1.82) is 0 Å². The van der Waals surface area contributed by atoms with Crippen LogP contribution in [0.15, 0.2) is 47.8 Å². The molecule has 0 spiro atoms. The number of nitrogens with zero attached hydrogens (tertiary/aromatic N) is 1. The fourth-order valence-electron chi connectivity index (χ4n) is 3.20. The van der Waals surface area contributed by atoms with Gasteiger partial charge >= 0.3 is 6.03 Å². The molecule has 0 saturated carbocycles. The van der Waals surface area contributed by atoms with Gasteiger partial charge < -0.3 is 31.2 Å². The molecule has 1 aliphatic carbocycles. The van der Waals surface area contributed by atoms with Gasteiger partial charge in [-0.2, -0.15) is 0 Å². The third kappa shape index (κ3) is 4.60. The minimum atomic E-state index is -1.16. The van der Waals surface area contributed by atoms with Crippen molar-refractivity contribution < 1.29 is 10.0 Å². The van der Waals surface area contributed by atoms with Gasteiger partial charge in [0.25, 0.3) is 0 Å². The van der Waals surface area contributed by atoms with Crippen LogP contribution in [0.1, 0.15) is 32.1 Å². The molecule has 2 aliphatic rings. The van der Waals surface area contributed by atoms with E-state index in [4.69, 9.17) is 0 Å². The smallest absolute Gasteiger partial charge is 0.323 e. The van der Waals surface area contributed by atoms with Gasteiger partial charge in [0.1, 0.15) is 5.70 Å². The Morgan fingerprint density at radius 3 is 2.44 bits per heavy atom. The molecule has 134 valence electrons. The normalized spacial score (nSPS) is 17.8. The quantitative estimate of drug-likeness (QED) is 0.731. The first-order valence-electron chi connectivity index (χ1n) is 8.66. The summed E-state index contributed by atoms with van der Waals surface area (Å²) in [5.41, 5.74) is 2.76. The topological polar surface area (TPSA) is 94.9 Å². The number of benzene rings is 1. The summed E-state index contributed by atoms with van der Waals surface area (Å²) in [6.45, 7) is 2.00. The molecule has 1 aromatic rings. The van der Waals surface area contributed by atoms with Crippen molar-refractivity contribution in [2.75, 3.05) is 23.3 Å². The van der Waals surface area contributed by atoms with Crippen LogP contribution >= 0.6 is 0 Å². The summed E-state index contributed by atoms with van der Waals surface area (Å²) in [6.07, 6.45) is 7.52. The van der Waals surface area contributed by atoms with Gasteiger partial charge in [0, 0.05) is 25.2 Å². The van der Waals surface area contributed by atoms with Crippen molar-refractivity contribution in [2.45, 2.75) is 32.1 Å². The number of carbonyl (C=O) groups excluding carboxylic acids is 1. The Labute approximate surface area is 147 Å². The van der Waals surface area contributed by atoms with Gasteiger partial charge in [0.05, 0.1) is 11.4 Å². The van der Waals surface area contributed by atoms with Crippen LogP contribution < -0.4 is 20.8 Å². The van der Waals surface area contributed by atoms with Gasteiger partial charge in [-0.25, -0.2) is 4.79 Å². The zero-order valence-corrected chi connectivity index (χ0v) is 14.1. The molecule has 0 bridgehead atoms. The van der Waals surface area contributed by atoms with Gasteiger partial charge in [0.15, 0.2) is 0 Å². The third-order valence-electron chi connectivity index (χ3n) is 4.53. The predicted octanol–water partition coefficient (Wildman–Crippen LogP) is 2.24. The maximum absolute atomic E-state index is 12.3. The zero-order valence-electron chi connectivity index (χ0n) is 14.1. The lowest BCUT2D eigenvalue weighted by Gasteiger charge is -2.30. The highest BCUT2D eigenvalue weighted by atomic mass is 16.8. The van der Waals surface area contributed by atoms with Crippen molar-refractivity contribution >= 4 is 17.4 Å². The van der Waals surface area contributed by atoms with Crippen LogP contribution in [0.2, 0.25) is 0 Å². The average Bonchev–Trinajstić information content (AvgIpc) is 2.63. The van der Waals surface area contributed by atoms with E-state index in [1.807, 2.05) is 24.3 Å². The summed E-state index contributed by atoms with van der Waals surface area (Å²) in [4.78, 5) is 14.6. The second-order valence-electron chi connectivity index (χ2n) is 6.32. The average molecular weight is 343 g/mol. The molecule has 1 heterocycles. The monoisotopic (exact) mass is 343 g/mol. The summed E-state index contributed by atoms with van der Waals surface area (Å²) in [5, 5.41) is 26.1. The highest BCUT2D eigenvalue weighted by Gasteiger charge is 2.16. The summed E-state index contributed by atoms with van der Waals surface area (Å²) in [7, 11) is 0. The van der Waals surface area contributed by atoms with Crippen LogP contribution in [0.25, 0.3) is 0 Å². The Morgan fingerprint density at radius 1 is 1.00 bits per heavy atom. The molecular weight excluding hydrogens is 320 g/mol. The molecular formula is C18H23N4O3-. The molecule has 7 heteroatoms. The molecule has 1 saturated heterocycles. The number of hydrogen-bond acceptors (Lipinski definition) is 4. The van der Waals surface area contributed by atoms with E-state index in [-0.39, 0.29) is 11.7 Å². The second kappa shape index (κ2) is 8.15. The Kier molecular flexibility index (Phi) is 5.70. The highest BCUT2D eigenvalue weighted by Crippen LogP contribution is 2.28. The van der Waals surface area contributed by atoms with Crippen molar-refractivity contribution in [3.63, 3.8) is 0 Å². The molecule has 1 aromatic carbocycles. The number of piperidine rings is 1. The number of nitrogens with one attached hydrogen (secondary N) is 3. The minimum absolute atomic E-state index is 0.251. The largest absolute Gasteiger partial charge is 0.628 e. The number of hydroxylamine groups is 2. The van der Waals surface area contributed by atoms with Crippen LogP contribution in [0.4, 0.5) is 16.2 Å². The van der Waals surface area contributed by atoms with Gasteiger partial charge in [-0.05, 0) is 50.0 Å². The van der Waals surface area contributed by atoms with E-state index >= 15 is 0 Å². The van der Waals surface area contributed by atoms with Crippen LogP contribution in [-0.4, -0.2) is 19.1 Å². The maximum atomic E-state index is 12.3. The molecule has 0 radical (unpaired) electrons. The van der Waals surface area contributed by atoms with Crippen LogP contribution in [0, 0.1) is 10.4 Å². The summed E-state index contributed by atoms with van der Waals surface area (Å²) < 4.78 is 0. The zero-order chi connectivity index (χ0) is 17.6. The van der Waals surface area contributed by atoms with E-state index in [2.05, 4.69) is 15.5 Å².